The first-order valence-corrected chi connectivity index (χ1v) is 8.62. The minimum Gasteiger partial charge on any atom is -0.469 e. The fourth-order valence-corrected chi connectivity index (χ4v) is 2.68. The van der Waals surface area contributed by atoms with Gasteiger partial charge in [-0.25, -0.2) is 9.98 Å². The number of nitrogens with two attached hydrogens (primary N) is 2. The van der Waals surface area contributed by atoms with Crippen molar-refractivity contribution in [2.24, 2.45) is 10.7 Å². The number of rotatable bonds is 5. The van der Waals surface area contributed by atoms with E-state index in [2.05, 4.69) is 15.3 Å². The summed E-state index contributed by atoms with van der Waals surface area (Å²) in [7, 11) is 1.47. The number of nitrogen functional groups attached to an aromatic ring is 1. The highest BCUT2D eigenvalue weighted by molar-refractivity contribution is 6.03. The number of ether oxygens (including phenoxy) is 1. The molecule has 3 aromatic rings. The van der Waals surface area contributed by atoms with Gasteiger partial charge >= 0.3 is 0 Å². The zero-order valence-electron chi connectivity index (χ0n) is 15.4. The molecule has 0 aliphatic heterocycles. The number of hydrogen-bond acceptors (Lipinski definition) is 5. The van der Waals surface area contributed by atoms with Crippen molar-refractivity contribution in [1.82, 2.24) is 4.98 Å². The summed E-state index contributed by atoms with van der Waals surface area (Å²) in [4.78, 5) is 20.9. The SMILES string of the molecule is CO/C(N)=N/C(c1ccccc1)c1cccc(NC(=O)c2ccc(N)cn2)c1. The van der Waals surface area contributed by atoms with E-state index in [0.29, 0.717) is 11.4 Å². The smallest absolute Gasteiger partial charge is 0.282 e. The summed E-state index contributed by atoms with van der Waals surface area (Å²) in [5, 5.41) is 2.84. The Kier molecular flexibility index (Phi) is 5.86. The average molecular weight is 375 g/mol. The molecule has 142 valence electrons. The van der Waals surface area contributed by atoms with Crippen LogP contribution in [0.2, 0.25) is 0 Å². The number of carbonyl (C=O) groups excluding carboxylic acids is 1. The van der Waals surface area contributed by atoms with Crippen LogP contribution in [0.1, 0.15) is 27.7 Å². The number of nitrogens with zero attached hydrogens (tertiary/aromatic N) is 2. The molecule has 1 aromatic heterocycles. The van der Waals surface area contributed by atoms with Crippen molar-refractivity contribution in [3.05, 3.63) is 89.7 Å². The van der Waals surface area contributed by atoms with Crippen LogP contribution >= 0.6 is 0 Å². The molecule has 3 rings (SSSR count). The van der Waals surface area contributed by atoms with E-state index < -0.39 is 0 Å². The van der Waals surface area contributed by atoms with Gasteiger partial charge in [-0.2, -0.15) is 0 Å². The fourth-order valence-electron chi connectivity index (χ4n) is 2.68. The van der Waals surface area contributed by atoms with Crippen molar-refractivity contribution in [2.45, 2.75) is 6.04 Å². The predicted octanol–water partition coefficient (Wildman–Crippen LogP) is 2.97. The first-order chi connectivity index (χ1) is 13.6. The summed E-state index contributed by atoms with van der Waals surface area (Å²) in [6.07, 6.45) is 1.44. The topological polar surface area (TPSA) is 116 Å². The zero-order chi connectivity index (χ0) is 19.9. The third kappa shape index (κ3) is 4.64. The van der Waals surface area contributed by atoms with Crippen LogP contribution in [0.4, 0.5) is 11.4 Å². The summed E-state index contributed by atoms with van der Waals surface area (Å²) in [6, 6.07) is 20.0. The molecule has 5 N–H and O–H groups in total. The van der Waals surface area contributed by atoms with E-state index >= 15 is 0 Å². The predicted molar refractivity (Wildman–Crippen MR) is 110 cm³/mol. The second-order valence-electron chi connectivity index (χ2n) is 6.04. The van der Waals surface area contributed by atoms with E-state index in [1.165, 1.54) is 13.3 Å². The summed E-state index contributed by atoms with van der Waals surface area (Å²) < 4.78 is 5.03. The Morgan fingerprint density at radius 2 is 1.82 bits per heavy atom. The number of aliphatic imine (C=N–C) groups is 1. The molecular weight excluding hydrogens is 354 g/mol. The van der Waals surface area contributed by atoms with Crippen LogP contribution in [-0.2, 0) is 4.74 Å². The van der Waals surface area contributed by atoms with Gasteiger partial charge in [-0.1, -0.05) is 42.5 Å². The standard InChI is InChI=1S/C21H21N5O2/c1-28-21(23)26-19(14-6-3-2-4-7-14)15-8-5-9-17(12-15)25-20(27)18-11-10-16(22)13-24-18/h2-13,19H,22H2,1H3,(H2,23,26)(H,25,27). The van der Waals surface area contributed by atoms with Gasteiger partial charge in [0.05, 0.1) is 19.0 Å². The number of amides is 1. The summed E-state index contributed by atoms with van der Waals surface area (Å²) >= 11 is 0. The monoisotopic (exact) mass is 375 g/mol. The van der Waals surface area contributed by atoms with Crippen LogP contribution in [0, 0.1) is 0 Å². The zero-order valence-corrected chi connectivity index (χ0v) is 15.4. The number of pyridine rings is 1. The quantitative estimate of drug-likeness (QED) is 0.468. The number of aromatic nitrogens is 1. The van der Waals surface area contributed by atoms with Gasteiger partial charge in [-0.3, -0.25) is 4.79 Å². The molecule has 0 aliphatic rings. The normalized spacial score (nSPS) is 12.2. The molecule has 1 amide bonds. The number of benzene rings is 2. The largest absolute Gasteiger partial charge is 0.469 e. The first kappa shape index (κ1) is 18.9. The van der Waals surface area contributed by atoms with E-state index in [9.17, 15) is 4.79 Å². The second-order valence-corrected chi connectivity index (χ2v) is 6.04. The molecule has 2 aromatic carbocycles. The Morgan fingerprint density at radius 3 is 2.50 bits per heavy atom. The number of methoxy groups -OCH3 is 1. The average Bonchev–Trinajstić information content (AvgIpc) is 2.73. The van der Waals surface area contributed by atoms with Gasteiger partial charge in [0.1, 0.15) is 11.7 Å². The maximum absolute atomic E-state index is 12.4. The molecular formula is C21H21N5O2. The molecule has 1 atom stereocenters. The van der Waals surface area contributed by atoms with Crippen molar-refractivity contribution in [3.8, 4) is 0 Å². The molecule has 0 radical (unpaired) electrons. The van der Waals surface area contributed by atoms with Crippen LogP contribution in [0.25, 0.3) is 0 Å². The highest BCUT2D eigenvalue weighted by Gasteiger charge is 2.15. The summed E-state index contributed by atoms with van der Waals surface area (Å²) in [5.41, 5.74) is 14.6. The third-order valence-corrected chi connectivity index (χ3v) is 4.06. The van der Waals surface area contributed by atoms with Crippen LogP contribution in [0.5, 0.6) is 0 Å². The molecule has 1 unspecified atom stereocenters. The highest BCUT2D eigenvalue weighted by Crippen LogP contribution is 2.28. The van der Waals surface area contributed by atoms with Crippen LogP contribution < -0.4 is 16.8 Å². The lowest BCUT2D eigenvalue weighted by Crippen LogP contribution is -2.16. The Balaban J connectivity index is 1.89. The molecule has 0 saturated heterocycles. The fraction of sp³-hybridized carbons (Fsp3) is 0.0952. The van der Waals surface area contributed by atoms with Gasteiger partial charge < -0.3 is 21.5 Å². The van der Waals surface area contributed by atoms with Gasteiger partial charge in [0, 0.05) is 5.69 Å². The Bertz CT molecular complexity index is 972. The number of anilines is 2. The van der Waals surface area contributed by atoms with Gasteiger partial charge in [0.2, 0.25) is 0 Å². The van der Waals surface area contributed by atoms with Crippen molar-refractivity contribution >= 4 is 23.3 Å². The highest BCUT2D eigenvalue weighted by atomic mass is 16.5. The number of amidine groups is 1. The van der Waals surface area contributed by atoms with E-state index in [-0.39, 0.29) is 23.7 Å². The molecule has 7 heteroatoms. The number of nitrogens with one attached hydrogen (secondary N) is 1. The Labute approximate surface area is 163 Å². The van der Waals surface area contributed by atoms with Crippen molar-refractivity contribution < 1.29 is 9.53 Å². The lowest BCUT2D eigenvalue weighted by atomic mass is 9.99. The maximum atomic E-state index is 12.4. The van der Waals surface area contributed by atoms with E-state index in [1.54, 1.807) is 18.2 Å². The Morgan fingerprint density at radius 1 is 1.07 bits per heavy atom. The molecule has 1 heterocycles. The molecule has 0 aliphatic carbocycles. The summed E-state index contributed by atoms with van der Waals surface area (Å²) in [6.45, 7) is 0. The van der Waals surface area contributed by atoms with E-state index in [0.717, 1.165) is 11.1 Å². The van der Waals surface area contributed by atoms with Crippen molar-refractivity contribution in [3.63, 3.8) is 0 Å². The molecule has 28 heavy (non-hydrogen) atoms. The van der Waals surface area contributed by atoms with Gasteiger partial charge in [-0.15, -0.1) is 0 Å². The molecule has 0 fully saturated rings. The molecule has 7 nitrogen and oxygen atoms in total. The van der Waals surface area contributed by atoms with Crippen LogP contribution in [-0.4, -0.2) is 24.0 Å². The minimum absolute atomic E-state index is 0.0781. The van der Waals surface area contributed by atoms with E-state index in [4.69, 9.17) is 16.2 Å². The molecule has 0 bridgehead atoms. The number of carbonyl (C=O) groups is 1. The lowest BCUT2D eigenvalue weighted by molar-refractivity contribution is 0.102. The van der Waals surface area contributed by atoms with E-state index in [1.807, 2.05) is 48.5 Å². The maximum Gasteiger partial charge on any atom is 0.282 e. The lowest BCUT2D eigenvalue weighted by Gasteiger charge is -2.16. The van der Waals surface area contributed by atoms with Crippen molar-refractivity contribution in [2.75, 3.05) is 18.2 Å². The van der Waals surface area contributed by atoms with Gasteiger partial charge in [0.25, 0.3) is 11.9 Å². The Hall–Kier alpha value is -3.87. The first-order valence-electron chi connectivity index (χ1n) is 8.62. The van der Waals surface area contributed by atoms with Crippen LogP contribution in [0.3, 0.4) is 0 Å². The summed E-state index contributed by atoms with van der Waals surface area (Å²) in [5.74, 6) is -0.326. The molecule has 0 spiro atoms. The second kappa shape index (κ2) is 8.68. The van der Waals surface area contributed by atoms with Gasteiger partial charge in [-0.05, 0) is 35.4 Å². The van der Waals surface area contributed by atoms with Crippen molar-refractivity contribution in [1.29, 1.82) is 0 Å². The minimum atomic E-state index is -0.368. The molecule has 0 saturated carbocycles. The third-order valence-electron chi connectivity index (χ3n) is 4.06. The number of hydrogen-bond donors (Lipinski definition) is 3. The van der Waals surface area contributed by atoms with Gasteiger partial charge in [0.15, 0.2) is 0 Å². The van der Waals surface area contributed by atoms with Crippen LogP contribution in [0.15, 0.2) is 77.9 Å².